The maximum Gasteiger partial charge on any atom is 0.216 e. The van der Waals surface area contributed by atoms with Crippen LogP contribution in [0.2, 0.25) is 0 Å². The van der Waals surface area contributed by atoms with Crippen LogP contribution >= 0.6 is 11.8 Å². The predicted octanol–water partition coefficient (Wildman–Crippen LogP) is 1.71. The molecule has 0 aliphatic carbocycles. The molecule has 3 N–H and O–H groups in total. The van der Waals surface area contributed by atoms with Gasteiger partial charge in [0.1, 0.15) is 0 Å². The molecule has 0 radical (unpaired) electrons. The Morgan fingerprint density at radius 3 is 2.37 bits per heavy atom. The average molecular weight is 302 g/mol. The fraction of sp³-hybridized carbons (Fsp3) is 0.538. The first-order valence-electron chi connectivity index (χ1n) is 6.23. The number of thioether (sulfide) groups is 1. The normalized spacial score (nSPS) is 13.4. The fourth-order valence-electron chi connectivity index (χ4n) is 1.69. The minimum Gasteiger partial charge on any atom is -0.326 e. The van der Waals surface area contributed by atoms with Crippen LogP contribution in [0.15, 0.2) is 24.3 Å². The summed E-state index contributed by atoms with van der Waals surface area (Å²) in [6, 6.07) is 7.33. The quantitative estimate of drug-likeness (QED) is 0.767. The number of hydrogen-bond acceptors (Lipinski definition) is 4. The first kappa shape index (κ1) is 16.5. The zero-order valence-corrected chi connectivity index (χ0v) is 13.1. The van der Waals surface area contributed by atoms with Gasteiger partial charge in [0.15, 0.2) is 0 Å². The molecule has 1 unspecified atom stereocenters. The highest BCUT2D eigenvalue weighted by molar-refractivity contribution is 7.98. The van der Waals surface area contributed by atoms with E-state index in [4.69, 9.17) is 5.73 Å². The van der Waals surface area contributed by atoms with E-state index >= 15 is 0 Å². The van der Waals surface area contributed by atoms with Crippen LogP contribution in [-0.4, -0.2) is 26.5 Å². The third-order valence-electron chi connectivity index (χ3n) is 2.75. The molecule has 0 heterocycles. The third kappa shape index (κ3) is 6.42. The Balaban J connectivity index is 2.58. The average Bonchev–Trinajstić information content (AvgIpc) is 2.36. The van der Waals surface area contributed by atoms with Crippen LogP contribution in [0, 0.1) is 0 Å². The molecule has 0 spiro atoms. The Labute approximate surface area is 120 Å². The number of rotatable bonds is 8. The van der Waals surface area contributed by atoms with Crippen molar-refractivity contribution in [2.24, 2.45) is 5.73 Å². The van der Waals surface area contributed by atoms with E-state index < -0.39 is 10.0 Å². The monoisotopic (exact) mass is 302 g/mol. The van der Waals surface area contributed by atoms with Crippen LogP contribution in [0.25, 0.3) is 0 Å². The number of benzene rings is 1. The smallest absolute Gasteiger partial charge is 0.216 e. The minimum absolute atomic E-state index is 0.0153. The maximum absolute atomic E-state index is 12.0. The van der Waals surface area contributed by atoms with Crippen LogP contribution in [-0.2, 0) is 22.3 Å². The van der Waals surface area contributed by atoms with Gasteiger partial charge >= 0.3 is 0 Å². The van der Waals surface area contributed by atoms with Gasteiger partial charge in [-0.25, -0.2) is 13.1 Å². The zero-order chi connectivity index (χ0) is 14.3. The second-order valence-corrected chi connectivity index (χ2v) is 7.32. The Kier molecular flexibility index (Phi) is 6.85. The summed E-state index contributed by atoms with van der Waals surface area (Å²) < 4.78 is 26.7. The second kappa shape index (κ2) is 7.89. The Morgan fingerprint density at radius 2 is 1.84 bits per heavy atom. The zero-order valence-electron chi connectivity index (χ0n) is 11.4. The van der Waals surface area contributed by atoms with Gasteiger partial charge < -0.3 is 5.73 Å². The minimum atomic E-state index is -3.27. The first-order valence-corrected chi connectivity index (χ1v) is 9.28. The van der Waals surface area contributed by atoms with Crippen molar-refractivity contribution in [1.82, 2.24) is 4.72 Å². The molecule has 1 aromatic carbocycles. The predicted molar refractivity (Wildman–Crippen MR) is 82.6 cm³/mol. The molecular formula is C13H22N2O2S2. The Hall–Kier alpha value is -0.560. The molecule has 6 heteroatoms. The Bertz CT molecular complexity index is 472. The standard InChI is InChI=1S/C13H22N2O2S2/c1-11(7-8-18-2)15-19(16,17)10-13-5-3-12(9-14)4-6-13/h3-6,11,15H,7-10,14H2,1-2H3. The molecule has 108 valence electrons. The summed E-state index contributed by atoms with van der Waals surface area (Å²) in [7, 11) is -3.27. The van der Waals surface area contributed by atoms with Crippen LogP contribution in [0.4, 0.5) is 0 Å². The molecule has 19 heavy (non-hydrogen) atoms. The largest absolute Gasteiger partial charge is 0.326 e. The molecule has 0 amide bonds. The topological polar surface area (TPSA) is 72.2 Å². The van der Waals surface area contributed by atoms with Crippen molar-refractivity contribution in [3.8, 4) is 0 Å². The lowest BCUT2D eigenvalue weighted by Crippen LogP contribution is -2.33. The number of sulfonamides is 1. The van der Waals surface area contributed by atoms with Gasteiger partial charge in [-0.05, 0) is 36.5 Å². The van der Waals surface area contributed by atoms with E-state index in [1.54, 1.807) is 11.8 Å². The van der Waals surface area contributed by atoms with Gasteiger partial charge in [-0.15, -0.1) is 0 Å². The van der Waals surface area contributed by atoms with Crippen molar-refractivity contribution in [3.63, 3.8) is 0 Å². The molecule has 0 aromatic heterocycles. The molecule has 0 saturated carbocycles. The van der Waals surface area contributed by atoms with Gasteiger partial charge in [0, 0.05) is 12.6 Å². The van der Waals surface area contributed by atoms with E-state index in [0.29, 0.717) is 6.54 Å². The molecule has 1 atom stereocenters. The molecule has 0 saturated heterocycles. The van der Waals surface area contributed by atoms with Crippen LogP contribution in [0.1, 0.15) is 24.5 Å². The van der Waals surface area contributed by atoms with Crippen molar-refractivity contribution in [2.75, 3.05) is 12.0 Å². The first-order chi connectivity index (χ1) is 8.96. The van der Waals surface area contributed by atoms with E-state index in [2.05, 4.69) is 4.72 Å². The summed E-state index contributed by atoms with van der Waals surface area (Å²) in [6.07, 6.45) is 2.85. The van der Waals surface area contributed by atoms with Gasteiger partial charge in [0.2, 0.25) is 10.0 Å². The molecule has 1 rings (SSSR count). The Morgan fingerprint density at radius 1 is 1.26 bits per heavy atom. The maximum atomic E-state index is 12.0. The van der Waals surface area contributed by atoms with Crippen molar-refractivity contribution < 1.29 is 8.42 Å². The summed E-state index contributed by atoms with van der Waals surface area (Å²) >= 11 is 1.72. The summed E-state index contributed by atoms with van der Waals surface area (Å²) in [5, 5.41) is 0. The molecular weight excluding hydrogens is 280 g/mol. The van der Waals surface area contributed by atoms with Crippen molar-refractivity contribution >= 4 is 21.8 Å². The lowest BCUT2D eigenvalue weighted by atomic mass is 10.1. The number of nitrogens with two attached hydrogens (primary N) is 1. The number of nitrogens with one attached hydrogen (secondary N) is 1. The van der Waals surface area contributed by atoms with Crippen molar-refractivity contribution in [3.05, 3.63) is 35.4 Å². The SMILES string of the molecule is CSCCC(C)NS(=O)(=O)Cc1ccc(CN)cc1. The lowest BCUT2D eigenvalue weighted by molar-refractivity contribution is 0.556. The molecule has 0 fully saturated rings. The molecule has 0 aliphatic heterocycles. The van der Waals surface area contributed by atoms with Gasteiger partial charge in [0.25, 0.3) is 0 Å². The summed E-state index contributed by atoms with van der Waals surface area (Å²) in [6.45, 7) is 2.36. The van der Waals surface area contributed by atoms with E-state index in [0.717, 1.165) is 23.3 Å². The van der Waals surface area contributed by atoms with E-state index in [1.165, 1.54) is 0 Å². The summed E-state index contributed by atoms with van der Waals surface area (Å²) in [5.74, 6) is 0.969. The van der Waals surface area contributed by atoms with Crippen LogP contribution in [0.5, 0.6) is 0 Å². The third-order valence-corrected chi connectivity index (χ3v) is 4.87. The molecule has 0 bridgehead atoms. The van der Waals surface area contributed by atoms with Crippen LogP contribution < -0.4 is 10.5 Å². The highest BCUT2D eigenvalue weighted by Gasteiger charge is 2.14. The van der Waals surface area contributed by atoms with Gasteiger partial charge in [-0.1, -0.05) is 24.3 Å². The number of hydrogen-bond donors (Lipinski definition) is 2. The van der Waals surface area contributed by atoms with E-state index in [9.17, 15) is 8.42 Å². The lowest BCUT2D eigenvalue weighted by Gasteiger charge is -2.13. The van der Waals surface area contributed by atoms with Crippen molar-refractivity contribution in [1.29, 1.82) is 0 Å². The van der Waals surface area contributed by atoms with Gasteiger partial charge in [0.05, 0.1) is 5.75 Å². The highest BCUT2D eigenvalue weighted by atomic mass is 32.2. The molecule has 1 aromatic rings. The van der Waals surface area contributed by atoms with Crippen LogP contribution in [0.3, 0.4) is 0 Å². The second-order valence-electron chi connectivity index (χ2n) is 4.58. The van der Waals surface area contributed by atoms with E-state index in [-0.39, 0.29) is 11.8 Å². The molecule has 0 aliphatic rings. The van der Waals surface area contributed by atoms with Gasteiger partial charge in [-0.2, -0.15) is 11.8 Å². The van der Waals surface area contributed by atoms with Gasteiger partial charge in [-0.3, -0.25) is 0 Å². The fourth-order valence-corrected chi connectivity index (χ4v) is 3.73. The molecule has 4 nitrogen and oxygen atoms in total. The van der Waals surface area contributed by atoms with E-state index in [1.807, 2.05) is 37.4 Å². The summed E-state index contributed by atoms with van der Waals surface area (Å²) in [4.78, 5) is 0. The highest BCUT2D eigenvalue weighted by Crippen LogP contribution is 2.09. The van der Waals surface area contributed by atoms with Crippen molar-refractivity contribution in [2.45, 2.75) is 31.7 Å². The summed E-state index contributed by atoms with van der Waals surface area (Å²) in [5.41, 5.74) is 7.29.